The zero-order valence-electron chi connectivity index (χ0n) is 15.9. The summed E-state index contributed by atoms with van der Waals surface area (Å²) < 4.78 is 12.1. The Morgan fingerprint density at radius 1 is 1.11 bits per heavy atom. The molecule has 0 atom stereocenters. The monoisotopic (exact) mass is 387 g/mol. The lowest BCUT2D eigenvalue weighted by Gasteiger charge is -2.32. The first kappa shape index (κ1) is 19.7. The molecule has 7 heteroatoms. The summed E-state index contributed by atoms with van der Waals surface area (Å²) in [7, 11) is -0.645. The van der Waals surface area contributed by atoms with Crippen molar-refractivity contribution in [2.24, 2.45) is 0 Å². The highest BCUT2D eigenvalue weighted by Crippen LogP contribution is 2.37. The lowest BCUT2D eigenvalue weighted by atomic mass is 9.78. The topological polar surface area (TPSA) is 67.8 Å². The van der Waals surface area contributed by atoms with Gasteiger partial charge in [-0.15, -0.1) is 0 Å². The summed E-state index contributed by atoms with van der Waals surface area (Å²) in [5.41, 5.74) is 0.713. The number of rotatable bonds is 4. The maximum atomic E-state index is 12.5. The van der Waals surface area contributed by atoms with Gasteiger partial charge in [0.25, 0.3) is 5.91 Å². The molecule has 1 aliphatic rings. The Hall–Kier alpha value is -2.02. The van der Waals surface area contributed by atoms with Gasteiger partial charge in [-0.05, 0) is 52.0 Å². The second-order valence-electron chi connectivity index (χ2n) is 7.64. The van der Waals surface area contributed by atoms with E-state index in [2.05, 4.69) is 5.32 Å². The van der Waals surface area contributed by atoms with Crippen LogP contribution in [0.5, 0.6) is 5.75 Å². The van der Waals surface area contributed by atoms with Crippen molar-refractivity contribution in [3.63, 3.8) is 0 Å². The third-order valence-corrected chi connectivity index (χ3v) is 5.54. The van der Waals surface area contributed by atoms with E-state index < -0.39 is 18.3 Å². The lowest BCUT2D eigenvalue weighted by molar-refractivity contribution is 0.00578. The fourth-order valence-electron chi connectivity index (χ4n) is 2.77. The van der Waals surface area contributed by atoms with E-state index in [-0.39, 0.29) is 18.2 Å². The van der Waals surface area contributed by atoms with Crippen LogP contribution < -0.4 is 10.8 Å². The molecule has 0 saturated carbocycles. The first-order valence-corrected chi connectivity index (χ1v) is 9.19. The quantitative estimate of drug-likeness (QED) is 0.790. The summed E-state index contributed by atoms with van der Waals surface area (Å²) in [6, 6.07) is 11.9. The molecule has 142 valence electrons. The van der Waals surface area contributed by atoms with Crippen LogP contribution in [0.1, 0.15) is 43.6 Å². The van der Waals surface area contributed by atoms with E-state index in [9.17, 15) is 9.90 Å². The molecule has 1 fully saturated rings. The zero-order chi connectivity index (χ0) is 19.8. The number of carbonyl (C=O) groups is 1. The van der Waals surface area contributed by atoms with Crippen LogP contribution in [0.25, 0.3) is 0 Å². The SMILES string of the molecule is CC1(C)OB(c2cc(C(=O)NCc3ccccc3O)ccc2Cl)OC1(C)C. The first-order valence-electron chi connectivity index (χ1n) is 8.81. The third-order valence-electron chi connectivity index (χ3n) is 5.20. The number of hydrogen-bond acceptors (Lipinski definition) is 4. The van der Waals surface area contributed by atoms with Gasteiger partial charge in [-0.1, -0.05) is 29.8 Å². The standard InChI is InChI=1S/C20H23BClNO4/c1-19(2)20(3,4)27-21(26-19)15-11-13(9-10-16(15)22)18(25)23-12-14-7-5-6-8-17(14)24/h5-11,24H,12H2,1-4H3,(H,23,25). The Morgan fingerprint density at radius 2 is 1.74 bits per heavy atom. The van der Waals surface area contributed by atoms with Crippen molar-refractivity contribution in [3.05, 3.63) is 58.6 Å². The van der Waals surface area contributed by atoms with E-state index in [1.54, 1.807) is 42.5 Å². The van der Waals surface area contributed by atoms with Crippen LogP contribution in [0.2, 0.25) is 5.02 Å². The number of phenols is 1. The largest absolute Gasteiger partial charge is 0.508 e. The number of hydrogen-bond donors (Lipinski definition) is 2. The molecule has 0 unspecified atom stereocenters. The fraction of sp³-hybridized carbons (Fsp3) is 0.350. The Labute approximate surface area is 164 Å². The smallest absolute Gasteiger partial charge is 0.496 e. The molecule has 0 radical (unpaired) electrons. The molecule has 27 heavy (non-hydrogen) atoms. The van der Waals surface area contributed by atoms with Crippen molar-refractivity contribution in [2.45, 2.75) is 45.4 Å². The number of halogens is 1. The molecular weight excluding hydrogens is 364 g/mol. The number of nitrogens with one attached hydrogen (secondary N) is 1. The first-order chi connectivity index (χ1) is 12.6. The summed E-state index contributed by atoms with van der Waals surface area (Å²) in [4.78, 5) is 12.5. The maximum absolute atomic E-state index is 12.5. The normalized spacial score (nSPS) is 17.7. The predicted molar refractivity (Wildman–Crippen MR) is 106 cm³/mol. The maximum Gasteiger partial charge on any atom is 0.496 e. The van der Waals surface area contributed by atoms with Crippen molar-refractivity contribution in [2.75, 3.05) is 0 Å². The van der Waals surface area contributed by atoms with E-state index >= 15 is 0 Å². The number of phenolic OH excluding ortho intramolecular Hbond substituents is 1. The van der Waals surface area contributed by atoms with Crippen LogP contribution >= 0.6 is 11.6 Å². The summed E-state index contributed by atoms with van der Waals surface area (Å²) in [6.07, 6.45) is 0. The van der Waals surface area contributed by atoms with Crippen LogP contribution in [0.4, 0.5) is 0 Å². The summed E-state index contributed by atoms with van der Waals surface area (Å²) in [5.74, 6) is -0.125. The number of aromatic hydroxyl groups is 1. The van der Waals surface area contributed by atoms with Gasteiger partial charge in [0.2, 0.25) is 0 Å². The minimum Gasteiger partial charge on any atom is -0.508 e. The molecule has 0 aromatic heterocycles. The number of carbonyl (C=O) groups excluding carboxylic acids is 1. The molecule has 1 saturated heterocycles. The lowest BCUT2D eigenvalue weighted by Crippen LogP contribution is -2.41. The van der Waals surface area contributed by atoms with Crippen molar-refractivity contribution in [1.82, 2.24) is 5.32 Å². The molecule has 0 bridgehead atoms. The highest BCUT2D eigenvalue weighted by atomic mass is 35.5. The van der Waals surface area contributed by atoms with E-state index in [0.717, 1.165) is 0 Å². The van der Waals surface area contributed by atoms with Gasteiger partial charge in [-0.3, -0.25) is 4.79 Å². The highest BCUT2D eigenvalue weighted by Gasteiger charge is 2.52. The van der Waals surface area contributed by atoms with Gasteiger partial charge in [0.1, 0.15) is 5.75 Å². The molecule has 3 rings (SSSR count). The molecule has 2 aromatic rings. The van der Waals surface area contributed by atoms with Gasteiger partial charge < -0.3 is 19.7 Å². The van der Waals surface area contributed by atoms with Crippen LogP contribution in [-0.2, 0) is 15.9 Å². The Morgan fingerprint density at radius 3 is 2.37 bits per heavy atom. The number of para-hydroxylation sites is 1. The zero-order valence-corrected chi connectivity index (χ0v) is 16.6. The van der Waals surface area contributed by atoms with Crippen LogP contribution in [0.3, 0.4) is 0 Å². The van der Waals surface area contributed by atoms with Crippen LogP contribution in [0.15, 0.2) is 42.5 Å². The van der Waals surface area contributed by atoms with Crippen molar-refractivity contribution in [3.8, 4) is 5.75 Å². The molecule has 0 spiro atoms. The average Bonchev–Trinajstić information content (AvgIpc) is 2.82. The van der Waals surface area contributed by atoms with E-state index in [1.165, 1.54) is 0 Å². The second kappa shape index (κ2) is 7.19. The van der Waals surface area contributed by atoms with Crippen LogP contribution in [0, 0.1) is 0 Å². The molecule has 1 heterocycles. The van der Waals surface area contributed by atoms with E-state index in [1.807, 2.05) is 27.7 Å². The second-order valence-corrected chi connectivity index (χ2v) is 8.04. The molecule has 1 amide bonds. The molecule has 2 aromatic carbocycles. The van der Waals surface area contributed by atoms with E-state index in [0.29, 0.717) is 21.6 Å². The van der Waals surface area contributed by atoms with E-state index in [4.69, 9.17) is 20.9 Å². The summed E-state index contributed by atoms with van der Waals surface area (Å²) >= 11 is 6.34. The fourth-order valence-corrected chi connectivity index (χ4v) is 2.98. The van der Waals surface area contributed by atoms with Gasteiger partial charge in [-0.25, -0.2) is 0 Å². The third kappa shape index (κ3) is 3.98. The van der Waals surface area contributed by atoms with Crippen LogP contribution in [-0.4, -0.2) is 29.3 Å². The van der Waals surface area contributed by atoms with Crippen molar-refractivity contribution in [1.29, 1.82) is 0 Å². The number of benzene rings is 2. The molecular formula is C20H23BClNO4. The molecule has 0 aliphatic carbocycles. The highest BCUT2D eigenvalue weighted by molar-refractivity contribution is 6.65. The van der Waals surface area contributed by atoms with Gasteiger partial charge in [0.15, 0.2) is 0 Å². The Bertz CT molecular complexity index is 853. The minimum absolute atomic E-state index is 0.145. The van der Waals surface area contributed by atoms with Gasteiger partial charge >= 0.3 is 7.12 Å². The molecule has 2 N–H and O–H groups in total. The molecule has 1 aliphatic heterocycles. The molecule has 5 nitrogen and oxygen atoms in total. The van der Waals surface area contributed by atoms with Gasteiger partial charge in [-0.2, -0.15) is 0 Å². The number of amides is 1. The van der Waals surface area contributed by atoms with Crippen molar-refractivity contribution < 1.29 is 19.2 Å². The summed E-state index contributed by atoms with van der Waals surface area (Å²) in [6.45, 7) is 8.07. The van der Waals surface area contributed by atoms with Crippen molar-refractivity contribution >= 4 is 30.1 Å². The van der Waals surface area contributed by atoms with Gasteiger partial charge in [0, 0.05) is 28.2 Å². The Balaban J connectivity index is 1.77. The average molecular weight is 388 g/mol. The Kier molecular flexibility index (Phi) is 5.26. The summed E-state index contributed by atoms with van der Waals surface area (Å²) in [5, 5.41) is 13.1. The predicted octanol–water partition coefficient (Wildman–Crippen LogP) is 3.27. The van der Waals surface area contributed by atoms with Gasteiger partial charge in [0.05, 0.1) is 11.2 Å². The minimum atomic E-state index is -0.645.